The highest BCUT2D eigenvalue weighted by Crippen LogP contribution is 2.29. The molecule has 0 radical (unpaired) electrons. The first-order valence-corrected chi connectivity index (χ1v) is 7.72. The monoisotopic (exact) mass is 299 g/mol. The standard InChI is InChI=1S/C13H17NO5S/c1-14(8-9-5-11(15)6-9)20(18,19)12-4-2-3-10(7-12)13(16)17/h2-4,7,9,11,15H,5-6,8H2,1H3,(H,16,17). The van der Waals surface area contributed by atoms with Gasteiger partial charge in [-0.15, -0.1) is 0 Å². The number of rotatable bonds is 5. The smallest absolute Gasteiger partial charge is 0.335 e. The van der Waals surface area contributed by atoms with E-state index < -0.39 is 16.0 Å². The highest BCUT2D eigenvalue weighted by molar-refractivity contribution is 7.89. The van der Waals surface area contributed by atoms with E-state index in [0.29, 0.717) is 19.4 Å². The SMILES string of the molecule is CN(CC1CC(O)C1)S(=O)(=O)c1cccc(C(=O)O)c1. The number of aromatic carboxylic acids is 1. The number of benzene rings is 1. The molecule has 0 amide bonds. The minimum atomic E-state index is -3.70. The van der Waals surface area contributed by atoms with Crippen LogP contribution in [0.25, 0.3) is 0 Å². The molecule has 2 rings (SSSR count). The summed E-state index contributed by atoms with van der Waals surface area (Å²) in [5, 5.41) is 18.1. The average molecular weight is 299 g/mol. The highest BCUT2D eigenvalue weighted by atomic mass is 32.2. The van der Waals surface area contributed by atoms with Crippen LogP contribution in [-0.4, -0.2) is 48.6 Å². The molecule has 0 unspecified atom stereocenters. The van der Waals surface area contributed by atoms with E-state index in [-0.39, 0.29) is 22.5 Å². The van der Waals surface area contributed by atoms with Gasteiger partial charge in [0.1, 0.15) is 0 Å². The molecule has 1 aromatic carbocycles. The van der Waals surface area contributed by atoms with Crippen molar-refractivity contribution in [1.29, 1.82) is 0 Å². The number of sulfonamides is 1. The molecule has 1 saturated carbocycles. The summed E-state index contributed by atoms with van der Waals surface area (Å²) in [7, 11) is -2.23. The molecule has 0 aromatic heterocycles. The van der Waals surface area contributed by atoms with Crippen LogP contribution < -0.4 is 0 Å². The zero-order valence-corrected chi connectivity index (χ0v) is 11.9. The zero-order chi connectivity index (χ0) is 14.9. The second-order valence-corrected chi connectivity index (χ2v) is 7.15. The van der Waals surface area contributed by atoms with Crippen LogP contribution in [0.15, 0.2) is 29.2 Å². The molecule has 7 heteroatoms. The molecule has 0 saturated heterocycles. The van der Waals surface area contributed by atoms with Crippen LogP contribution in [0.3, 0.4) is 0 Å². The fourth-order valence-corrected chi connectivity index (χ4v) is 3.57. The van der Waals surface area contributed by atoms with Gasteiger partial charge in [-0.25, -0.2) is 17.5 Å². The number of carboxylic acids is 1. The van der Waals surface area contributed by atoms with Gasteiger partial charge in [-0.3, -0.25) is 0 Å². The summed E-state index contributed by atoms with van der Waals surface area (Å²) in [4.78, 5) is 10.9. The van der Waals surface area contributed by atoms with Crippen LogP contribution in [-0.2, 0) is 10.0 Å². The summed E-state index contributed by atoms with van der Waals surface area (Å²) >= 11 is 0. The van der Waals surface area contributed by atoms with Gasteiger partial charge < -0.3 is 10.2 Å². The predicted octanol–water partition coefficient (Wildman–Crippen LogP) is 0.776. The van der Waals surface area contributed by atoms with E-state index >= 15 is 0 Å². The second-order valence-electron chi connectivity index (χ2n) is 5.11. The molecule has 1 aliphatic carbocycles. The van der Waals surface area contributed by atoms with Crippen LogP contribution >= 0.6 is 0 Å². The van der Waals surface area contributed by atoms with E-state index in [1.165, 1.54) is 29.6 Å². The number of carboxylic acid groups (broad SMARTS) is 1. The van der Waals surface area contributed by atoms with E-state index in [4.69, 9.17) is 5.11 Å². The van der Waals surface area contributed by atoms with Gasteiger partial charge in [-0.05, 0) is 37.0 Å². The molecule has 0 aliphatic heterocycles. The van der Waals surface area contributed by atoms with Crippen molar-refractivity contribution in [2.75, 3.05) is 13.6 Å². The Kier molecular flexibility index (Phi) is 4.12. The van der Waals surface area contributed by atoms with Crippen LogP contribution in [0, 0.1) is 5.92 Å². The zero-order valence-electron chi connectivity index (χ0n) is 11.1. The molecule has 6 nitrogen and oxygen atoms in total. The first kappa shape index (κ1) is 15.0. The molecular formula is C13H17NO5S. The predicted molar refractivity (Wildman–Crippen MR) is 71.9 cm³/mol. The molecule has 0 bridgehead atoms. The van der Waals surface area contributed by atoms with Crippen LogP contribution in [0.5, 0.6) is 0 Å². The number of aliphatic hydroxyl groups is 1. The van der Waals surface area contributed by atoms with Crippen molar-refractivity contribution in [2.45, 2.75) is 23.8 Å². The van der Waals surface area contributed by atoms with Crippen LogP contribution in [0.1, 0.15) is 23.2 Å². The summed E-state index contributed by atoms with van der Waals surface area (Å²) in [6.45, 7) is 0.330. The van der Waals surface area contributed by atoms with Gasteiger partial charge in [0, 0.05) is 13.6 Å². The average Bonchev–Trinajstić information content (AvgIpc) is 2.36. The lowest BCUT2D eigenvalue weighted by atomic mass is 9.82. The topological polar surface area (TPSA) is 94.9 Å². The quantitative estimate of drug-likeness (QED) is 0.837. The van der Waals surface area contributed by atoms with Gasteiger partial charge in [-0.2, -0.15) is 0 Å². The van der Waals surface area contributed by atoms with Crippen molar-refractivity contribution in [3.63, 3.8) is 0 Å². The van der Waals surface area contributed by atoms with Crippen molar-refractivity contribution in [3.8, 4) is 0 Å². The van der Waals surface area contributed by atoms with Gasteiger partial charge >= 0.3 is 5.97 Å². The highest BCUT2D eigenvalue weighted by Gasteiger charge is 2.31. The molecule has 0 spiro atoms. The van der Waals surface area contributed by atoms with Crippen molar-refractivity contribution in [3.05, 3.63) is 29.8 Å². The van der Waals surface area contributed by atoms with Crippen molar-refractivity contribution < 1.29 is 23.4 Å². The lowest BCUT2D eigenvalue weighted by molar-refractivity contribution is 0.0367. The van der Waals surface area contributed by atoms with Gasteiger partial charge in [0.2, 0.25) is 10.0 Å². The number of hydrogen-bond acceptors (Lipinski definition) is 4. The number of aliphatic hydroxyl groups excluding tert-OH is 1. The molecule has 1 aromatic rings. The Balaban J connectivity index is 2.16. The molecule has 0 atom stereocenters. The lowest BCUT2D eigenvalue weighted by Crippen LogP contribution is -2.39. The summed E-state index contributed by atoms with van der Waals surface area (Å²) in [5.41, 5.74) is -0.0569. The third-order valence-corrected chi connectivity index (χ3v) is 5.33. The second kappa shape index (κ2) is 5.51. The van der Waals surface area contributed by atoms with Gasteiger partial charge in [0.15, 0.2) is 0 Å². The Morgan fingerprint density at radius 1 is 1.40 bits per heavy atom. The summed E-state index contributed by atoms with van der Waals surface area (Å²) in [5.74, 6) is -1.00. The Morgan fingerprint density at radius 2 is 2.05 bits per heavy atom. The molecule has 0 heterocycles. The first-order valence-electron chi connectivity index (χ1n) is 6.28. The fraction of sp³-hybridized carbons (Fsp3) is 0.462. The van der Waals surface area contributed by atoms with Gasteiger partial charge in [-0.1, -0.05) is 6.07 Å². The first-order chi connectivity index (χ1) is 9.30. The summed E-state index contributed by atoms with van der Waals surface area (Å²) in [6.07, 6.45) is 0.885. The molecule has 110 valence electrons. The van der Waals surface area contributed by atoms with Gasteiger partial charge in [0.25, 0.3) is 0 Å². The summed E-state index contributed by atoms with van der Waals surface area (Å²) < 4.78 is 25.9. The van der Waals surface area contributed by atoms with E-state index in [9.17, 15) is 18.3 Å². The van der Waals surface area contributed by atoms with Crippen molar-refractivity contribution in [1.82, 2.24) is 4.31 Å². The fourth-order valence-electron chi connectivity index (χ4n) is 2.28. The molecule has 20 heavy (non-hydrogen) atoms. The third kappa shape index (κ3) is 3.00. The minimum Gasteiger partial charge on any atom is -0.478 e. The number of carbonyl (C=O) groups is 1. The van der Waals surface area contributed by atoms with E-state index in [1.54, 1.807) is 0 Å². The van der Waals surface area contributed by atoms with E-state index in [1.807, 2.05) is 0 Å². The third-order valence-electron chi connectivity index (χ3n) is 3.52. The minimum absolute atomic E-state index is 0.0280. The maximum absolute atomic E-state index is 12.3. The Bertz CT molecular complexity index is 607. The molecule has 2 N–H and O–H groups in total. The van der Waals surface area contributed by atoms with Gasteiger partial charge in [0.05, 0.1) is 16.6 Å². The molecule has 1 aliphatic rings. The molecule has 1 fully saturated rings. The Morgan fingerprint density at radius 3 is 2.60 bits per heavy atom. The number of nitrogens with zero attached hydrogens (tertiary/aromatic N) is 1. The van der Waals surface area contributed by atoms with Crippen LogP contribution in [0.2, 0.25) is 0 Å². The Labute approximate surface area is 117 Å². The maximum atomic E-state index is 12.3. The van der Waals surface area contributed by atoms with Crippen LogP contribution in [0.4, 0.5) is 0 Å². The van der Waals surface area contributed by atoms with E-state index in [2.05, 4.69) is 0 Å². The van der Waals surface area contributed by atoms with Crippen molar-refractivity contribution >= 4 is 16.0 Å². The molecular weight excluding hydrogens is 282 g/mol. The van der Waals surface area contributed by atoms with E-state index in [0.717, 1.165) is 6.07 Å². The maximum Gasteiger partial charge on any atom is 0.335 e. The lowest BCUT2D eigenvalue weighted by Gasteiger charge is -2.34. The van der Waals surface area contributed by atoms with Crippen molar-refractivity contribution in [2.24, 2.45) is 5.92 Å². The largest absolute Gasteiger partial charge is 0.478 e. The number of hydrogen-bond donors (Lipinski definition) is 2. The Hall–Kier alpha value is -1.44. The normalized spacial score (nSPS) is 22.6. The summed E-state index contributed by atoms with van der Waals surface area (Å²) in [6, 6.07) is 5.30.